The summed E-state index contributed by atoms with van der Waals surface area (Å²) in [4.78, 5) is 18.7. The molecular weight excluding hydrogens is 403 g/mol. The van der Waals surface area contributed by atoms with Crippen molar-refractivity contribution in [3.63, 3.8) is 0 Å². The first kappa shape index (κ1) is 21.3. The molecule has 0 saturated heterocycles. The van der Waals surface area contributed by atoms with E-state index < -0.39 is 17.8 Å². The first-order valence-electron chi connectivity index (χ1n) is 9.47. The third kappa shape index (κ3) is 4.94. The van der Waals surface area contributed by atoms with Gasteiger partial charge in [-0.2, -0.15) is 18.3 Å². The van der Waals surface area contributed by atoms with Gasteiger partial charge in [0.15, 0.2) is 17.0 Å². The summed E-state index contributed by atoms with van der Waals surface area (Å²) in [5, 5.41) is 8.36. The van der Waals surface area contributed by atoms with Gasteiger partial charge in [-0.1, -0.05) is 6.07 Å². The van der Waals surface area contributed by atoms with Crippen LogP contribution in [0.4, 0.5) is 13.2 Å². The molecular formula is C19H23F3N5OS+. The van der Waals surface area contributed by atoms with Crippen LogP contribution in [0.15, 0.2) is 29.6 Å². The lowest BCUT2D eigenvalue weighted by Gasteiger charge is -2.14. The zero-order valence-corrected chi connectivity index (χ0v) is 17.0. The first-order valence-corrected chi connectivity index (χ1v) is 10.3. The summed E-state index contributed by atoms with van der Waals surface area (Å²) in [6, 6.07) is 5.69. The Morgan fingerprint density at radius 2 is 2.03 bits per heavy atom. The molecule has 0 bridgehead atoms. The number of thiophene rings is 1. The van der Waals surface area contributed by atoms with E-state index in [2.05, 4.69) is 29.2 Å². The van der Waals surface area contributed by atoms with Gasteiger partial charge in [0.25, 0.3) is 5.91 Å². The maximum absolute atomic E-state index is 13.6. The Morgan fingerprint density at radius 1 is 1.28 bits per heavy atom. The van der Waals surface area contributed by atoms with Crippen molar-refractivity contribution in [3.05, 3.63) is 41.0 Å². The van der Waals surface area contributed by atoms with Crippen molar-refractivity contribution in [3.8, 4) is 10.6 Å². The number of rotatable bonds is 8. The third-order valence-corrected chi connectivity index (χ3v) is 5.61. The van der Waals surface area contributed by atoms with Crippen LogP contribution in [0.2, 0.25) is 0 Å². The van der Waals surface area contributed by atoms with Crippen LogP contribution < -0.4 is 10.2 Å². The predicted molar refractivity (Wildman–Crippen MR) is 105 cm³/mol. The van der Waals surface area contributed by atoms with E-state index in [9.17, 15) is 18.0 Å². The average Bonchev–Trinajstić information content (AvgIpc) is 3.36. The van der Waals surface area contributed by atoms with Crippen molar-refractivity contribution in [2.75, 3.05) is 26.2 Å². The summed E-state index contributed by atoms with van der Waals surface area (Å²) < 4.78 is 41.3. The minimum Gasteiger partial charge on any atom is -0.350 e. The van der Waals surface area contributed by atoms with Gasteiger partial charge in [-0.05, 0) is 31.4 Å². The third-order valence-electron chi connectivity index (χ3n) is 4.72. The van der Waals surface area contributed by atoms with E-state index in [0.717, 1.165) is 32.1 Å². The number of nitrogens with zero attached hydrogens (tertiary/aromatic N) is 3. The van der Waals surface area contributed by atoms with Crippen LogP contribution in [0.1, 0.15) is 36.5 Å². The second-order valence-electron chi connectivity index (χ2n) is 6.62. The maximum Gasteiger partial charge on any atom is 0.433 e. The molecule has 29 heavy (non-hydrogen) atoms. The molecule has 0 unspecified atom stereocenters. The van der Waals surface area contributed by atoms with Crippen LogP contribution in [0.25, 0.3) is 16.2 Å². The molecule has 0 saturated carbocycles. The first-order chi connectivity index (χ1) is 13.8. The number of alkyl halides is 3. The molecule has 2 N–H and O–H groups in total. The fourth-order valence-electron chi connectivity index (χ4n) is 3.07. The molecule has 1 amide bonds. The van der Waals surface area contributed by atoms with E-state index in [-0.39, 0.29) is 17.0 Å². The lowest BCUT2D eigenvalue weighted by molar-refractivity contribution is -0.896. The summed E-state index contributed by atoms with van der Waals surface area (Å²) in [7, 11) is 0. The van der Waals surface area contributed by atoms with Gasteiger partial charge in [-0.15, -0.1) is 11.3 Å². The lowest BCUT2D eigenvalue weighted by Crippen LogP contribution is -3.11. The molecule has 3 rings (SSSR count). The van der Waals surface area contributed by atoms with Crippen molar-refractivity contribution in [1.29, 1.82) is 0 Å². The van der Waals surface area contributed by atoms with Gasteiger partial charge in [-0.25, -0.2) is 9.50 Å². The van der Waals surface area contributed by atoms with Crippen LogP contribution in [0.5, 0.6) is 0 Å². The molecule has 0 atom stereocenters. The molecule has 3 heterocycles. The van der Waals surface area contributed by atoms with Gasteiger partial charge in [-0.3, -0.25) is 4.79 Å². The number of carbonyl (C=O) groups excluding carboxylic acids is 1. The van der Waals surface area contributed by atoms with E-state index in [1.54, 1.807) is 17.5 Å². The van der Waals surface area contributed by atoms with Gasteiger partial charge in [0.1, 0.15) is 0 Å². The number of aromatic nitrogens is 3. The van der Waals surface area contributed by atoms with Crippen molar-refractivity contribution >= 4 is 22.9 Å². The minimum absolute atomic E-state index is 0.0130. The van der Waals surface area contributed by atoms with Gasteiger partial charge in [0.05, 0.1) is 30.2 Å². The molecule has 0 aliphatic heterocycles. The zero-order valence-electron chi connectivity index (χ0n) is 16.2. The topological polar surface area (TPSA) is 63.7 Å². The second-order valence-corrected chi connectivity index (χ2v) is 7.57. The molecule has 156 valence electrons. The number of fused-ring (bicyclic) bond motifs is 1. The Labute approximate surface area is 170 Å². The standard InChI is InChI=1S/C19H22F3N5OS/c1-3-26(4-2)9-6-8-23-18(28)14-12-17-24-13(15-7-5-10-29-15)11-16(19(20,21)22)27(17)25-14/h5,7,10-12H,3-4,6,8-9H2,1-2H3,(H,23,28)/p+1. The highest BCUT2D eigenvalue weighted by molar-refractivity contribution is 7.13. The fourth-order valence-corrected chi connectivity index (χ4v) is 3.76. The summed E-state index contributed by atoms with van der Waals surface area (Å²) in [6.07, 6.45) is -3.84. The summed E-state index contributed by atoms with van der Waals surface area (Å²) in [5.41, 5.74) is -0.855. The molecule has 0 radical (unpaired) electrons. The maximum atomic E-state index is 13.6. The fraction of sp³-hybridized carbons (Fsp3) is 0.421. The molecule has 0 spiro atoms. The SMILES string of the molecule is CC[NH+](CC)CCCNC(=O)c1cc2nc(-c3cccs3)cc(C(F)(F)F)n2n1. The predicted octanol–water partition coefficient (Wildman–Crippen LogP) is 2.52. The Balaban J connectivity index is 1.82. The van der Waals surface area contributed by atoms with E-state index >= 15 is 0 Å². The number of hydrogen-bond acceptors (Lipinski definition) is 4. The van der Waals surface area contributed by atoms with Crippen LogP contribution in [-0.2, 0) is 6.18 Å². The van der Waals surface area contributed by atoms with Crippen LogP contribution in [0.3, 0.4) is 0 Å². The molecule has 0 aromatic carbocycles. The van der Waals surface area contributed by atoms with Crippen LogP contribution >= 0.6 is 11.3 Å². The van der Waals surface area contributed by atoms with Gasteiger partial charge in [0, 0.05) is 19.0 Å². The van der Waals surface area contributed by atoms with E-state index in [1.807, 2.05) is 0 Å². The number of nitrogens with one attached hydrogen (secondary N) is 2. The summed E-state index contributed by atoms with van der Waals surface area (Å²) in [6.45, 7) is 7.58. The van der Waals surface area contributed by atoms with Crippen molar-refractivity contribution in [1.82, 2.24) is 19.9 Å². The molecule has 0 fully saturated rings. The highest BCUT2D eigenvalue weighted by Crippen LogP contribution is 2.33. The molecule has 0 aliphatic carbocycles. The number of quaternary nitrogens is 1. The van der Waals surface area contributed by atoms with E-state index in [0.29, 0.717) is 15.9 Å². The monoisotopic (exact) mass is 426 g/mol. The lowest BCUT2D eigenvalue weighted by atomic mass is 10.2. The summed E-state index contributed by atoms with van der Waals surface area (Å²) >= 11 is 1.30. The van der Waals surface area contributed by atoms with Crippen molar-refractivity contribution < 1.29 is 22.9 Å². The molecule has 3 aromatic heterocycles. The quantitative estimate of drug-likeness (QED) is 0.544. The largest absolute Gasteiger partial charge is 0.433 e. The Hall–Kier alpha value is -2.46. The molecule has 0 aliphatic rings. The number of carbonyl (C=O) groups is 1. The normalized spacial score (nSPS) is 12.1. The highest BCUT2D eigenvalue weighted by Gasteiger charge is 2.35. The smallest absolute Gasteiger partial charge is 0.350 e. The average molecular weight is 426 g/mol. The van der Waals surface area contributed by atoms with Crippen LogP contribution in [-0.4, -0.2) is 46.7 Å². The Bertz CT molecular complexity index is 964. The minimum atomic E-state index is -4.63. The van der Waals surface area contributed by atoms with E-state index in [1.165, 1.54) is 22.3 Å². The number of amides is 1. The zero-order chi connectivity index (χ0) is 21.0. The van der Waals surface area contributed by atoms with Gasteiger partial charge < -0.3 is 10.2 Å². The second kappa shape index (κ2) is 8.91. The van der Waals surface area contributed by atoms with Crippen molar-refractivity contribution in [2.45, 2.75) is 26.4 Å². The van der Waals surface area contributed by atoms with Crippen molar-refractivity contribution in [2.24, 2.45) is 0 Å². The molecule has 3 aromatic rings. The van der Waals surface area contributed by atoms with Crippen LogP contribution in [0, 0.1) is 0 Å². The number of hydrogen-bond donors (Lipinski definition) is 2. The molecule has 6 nitrogen and oxygen atoms in total. The highest BCUT2D eigenvalue weighted by atomic mass is 32.1. The Morgan fingerprint density at radius 3 is 2.66 bits per heavy atom. The van der Waals surface area contributed by atoms with E-state index in [4.69, 9.17) is 0 Å². The van der Waals surface area contributed by atoms with Gasteiger partial charge >= 0.3 is 6.18 Å². The Kier molecular flexibility index (Phi) is 6.53. The van der Waals surface area contributed by atoms with Gasteiger partial charge in [0.2, 0.25) is 0 Å². The molecule has 10 heteroatoms. The summed E-state index contributed by atoms with van der Waals surface area (Å²) in [5.74, 6) is -0.504. The number of halogens is 3.